The maximum atomic E-state index is 13.5. The second-order valence-corrected chi connectivity index (χ2v) is 10.2. The van der Waals surface area contributed by atoms with Crippen LogP contribution in [-0.2, 0) is 17.9 Å². The van der Waals surface area contributed by atoms with Crippen LogP contribution in [0, 0.1) is 25.6 Å². The number of benzene rings is 2. The molecule has 0 unspecified atom stereocenters. The summed E-state index contributed by atoms with van der Waals surface area (Å²) in [5, 5.41) is 0. The molecule has 0 aliphatic carbocycles. The van der Waals surface area contributed by atoms with E-state index in [4.69, 9.17) is 0 Å². The molecule has 0 spiro atoms. The number of rotatable bonds is 9. The smallest absolute Gasteiger partial charge is 0.254 e. The number of carbonyl (C=O) groups excluding carboxylic acids is 2. The molecule has 3 rings (SSSR count). The predicted molar refractivity (Wildman–Crippen MR) is 132 cm³/mol. The van der Waals surface area contributed by atoms with E-state index in [1.54, 1.807) is 45.4 Å². The van der Waals surface area contributed by atoms with Crippen molar-refractivity contribution in [1.29, 1.82) is 0 Å². The van der Waals surface area contributed by atoms with Gasteiger partial charge in [0.25, 0.3) is 5.91 Å². The average molecular weight is 467 g/mol. The Kier molecular flexibility index (Phi) is 8.39. The third-order valence-corrected chi connectivity index (χ3v) is 6.26. The number of aryl methyl sites for hydroxylation is 2. The summed E-state index contributed by atoms with van der Waals surface area (Å²) >= 11 is 1.65. The van der Waals surface area contributed by atoms with Gasteiger partial charge in [-0.2, -0.15) is 0 Å². The third kappa shape index (κ3) is 7.26. The highest BCUT2D eigenvalue weighted by atomic mass is 32.1. The number of hydrogen-bond donors (Lipinski definition) is 0. The molecule has 0 aliphatic heterocycles. The summed E-state index contributed by atoms with van der Waals surface area (Å²) in [6.07, 6.45) is 0. The van der Waals surface area contributed by atoms with Gasteiger partial charge in [0.05, 0.1) is 6.54 Å². The highest BCUT2D eigenvalue weighted by molar-refractivity contribution is 7.11. The fourth-order valence-corrected chi connectivity index (χ4v) is 4.51. The first-order valence-corrected chi connectivity index (χ1v) is 12.0. The topological polar surface area (TPSA) is 40.6 Å². The number of hydrogen-bond acceptors (Lipinski definition) is 3. The Balaban J connectivity index is 1.82. The zero-order valence-corrected chi connectivity index (χ0v) is 20.5. The number of halogens is 1. The molecule has 0 fully saturated rings. The molecule has 0 saturated carbocycles. The first-order valence-electron chi connectivity index (χ1n) is 11.1. The first-order chi connectivity index (χ1) is 15.7. The van der Waals surface area contributed by atoms with E-state index in [0.717, 1.165) is 16.0 Å². The summed E-state index contributed by atoms with van der Waals surface area (Å²) in [5.41, 5.74) is 2.50. The Morgan fingerprint density at radius 3 is 2.12 bits per heavy atom. The molecule has 0 bridgehead atoms. The van der Waals surface area contributed by atoms with Gasteiger partial charge in [-0.1, -0.05) is 43.7 Å². The quantitative estimate of drug-likeness (QED) is 0.398. The monoisotopic (exact) mass is 466 g/mol. The molecule has 0 aliphatic rings. The van der Waals surface area contributed by atoms with Crippen LogP contribution in [0.25, 0.3) is 0 Å². The summed E-state index contributed by atoms with van der Waals surface area (Å²) in [6, 6.07) is 17.7. The largest absolute Gasteiger partial charge is 0.332 e. The zero-order chi connectivity index (χ0) is 24.0. The molecule has 1 aromatic heterocycles. The number of nitrogens with zero attached hydrogens (tertiary/aromatic N) is 2. The van der Waals surface area contributed by atoms with Crippen LogP contribution in [-0.4, -0.2) is 34.7 Å². The maximum Gasteiger partial charge on any atom is 0.254 e. The van der Waals surface area contributed by atoms with E-state index in [1.807, 2.05) is 52.0 Å². The molecule has 0 radical (unpaired) electrons. The lowest BCUT2D eigenvalue weighted by molar-refractivity contribution is -0.133. The second kappa shape index (κ2) is 11.2. The van der Waals surface area contributed by atoms with Gasteiger partial charge in [0.2, 0.25) is 5.91 Å². The normalized spacial score (nSPS) is 11.0. The van der Waals surface area contributed by atoms with Crippen molar-refractivity contribution in [3.63, 3.8) is 0 Å². The molecule has 6 heteroatoms. The van der Waals surface area contributed by atoms with Crippen LogP contribution in [0.3, 0.4) is 0 Å². The van der Waals surface area contributed by atoms with Crippen molar-refractivity contribution in [3.05, 3.63) is 92.9 Å². The highest BCUT2D eigenvalue weighted by Gasteiger charge is 2.24. The van der Waals surface area contributed by atoms with E-state index >= 15 is 0 Å². The lowest BCUT2D eigenvalue weighted by atomic mass is 10.1. The van der Waals surface area contributed by atoms with Gasteiger partial charge in [-0.05, 0) is 61.7 Å². The van der Waals surface area contributed by atoms with Gasteiger partial charge in [-0.3, -0.25) is 9.59 Å². The standard InChI is InChI=1S/C27H31FN2O2S/c1-19(2)15-30(27(32)23-10-5-20(3)6-11-23)18-26(31)29(17-25-14-7-21(4)33-25)16-22-8-12-24(28)13-9-22/h5-14,19H,15-18H2,1-4H3. The van der Waals surface area contributed by atoms with Crippen LogP contribution < -0.4 is 0 Å². The average Bonchev–Trinajstić information content (AvgIpc) is 3.18. The second-order valence-electron chi connectivity index (χ2n) is 8.83. The summed E-state index contributed by atoms with van der Waals surface area (Å²) in [4.78, 5) is 32.3. The van der Waals surface area contributed by atoms with Crippen LogP contribution in [0.5, 0.6) is 0 Å². The van der Waals surface area contributed by atoms with Crippen molar-refractivity contribution in [2.45, 2.75) is 40.8 Å². The van der Waals surface area contributed by atoms with Crippen LogP contribution >= 0.6 is 11.3 Å². The van der Waals surface area contributed by atoms with Crippen molar-refractivity contribution in [1.82, 2.24) is 9.80 Å². The Morgan fingerprint density at radius 2 is 1.55 bits per heavy atom. The molecular formula is C27H31FN2O2S. The number of thiophene rings is 1. The minimum atomic E-state index is -0.308. The van der Waals surface area contributed by atoms with E-state index < -0.39 is 0 Å². The first kappa shape index (κ1) is 24.6. The van der Waals surface area contributed by atoms with Gasteiger partial charge in [0.1, 0.15) is 12.4 Å². The summed E-state index contributed by atoms with van der Waals surface area (Å²) in [7, 11) is 0. The van der Waals surface area contributed by atoms with E-state index in [1.165, 1.54) is 17.0 Å². The van der Waals surface area contributed by atoms with Gasteiger partial charge < -0.3 is 9.80 Å². The number of carbonyl (C=O) groups is 2. The Labute approximate surface area is 199 Å². The van der Waals surface area contributed by atoms with E-state index in [2.05, 4.69) is 0 Å². The van der Waals surface area contributed by atoms with Crippen LogP contribution in [0.1, 0.15) is 45.1 Å². The predicted octanol–water partition coefficient (Wildman–Crippen LogP) is 5.83. The molecule has 174 valence electrons. The Hall–Kier alpha value is -2.99. The minimum absolute atomic E-state index is 0.00353. The zero-order valence-electron chi connectivity index (χ0n) is 19.7. The van der Waals surface area contributed by atoms with E-state index in [9.17, 15) is 14.0 Å². The molecule has 0 atom stereocenters. The van der Waals surface area contributed by atoms with Crippen molar-refractivity contribution >= 4 is 23.2 Å². The molecule has 1 heterocycles. The SMILES string of the molecule is Cc1ccc(C(=O)N(CC(=O)N(Cc2ccc(F)cc2)Cc2ccc(C)s2)CC(C)C)cc1. The fourth-order valence-electron chi connectivity index (χ4n) is 3.60. The van der Waals surface area contributed by atoms with Gasteiger partial charge in [-0.25, -0.2) is 4.39 Å². The molecule has 2 aromatic carbocycles. The van der Waals surface area contributed by atoms with Crippen LogP contribution in [0.15, 0.2) is 60.7 Å². The summed E-state index contributed by atoms with van der Waals surface area (Å²) in [6.45, 7) is 9.36. The molecule has 33 heavy (non-hydrogen) atoms. The Morgan fingerprint density at radius 1 is 0.879 bits per heavy atom. The third-order valence-electron chi connectivity index (χ3n) is 5.28. The van der Waals surface area contributed by atoms with E-state index in [0.29, 0.717) is 25.2 Å². The lowest BCUT2D eigenvalue weighted by Gasteiger charge is -2.29. The van der Waals surface area contributed by atoms with Crippen molar-refractivity contribution < 1.29 is 14.0 Å². The van der Waals surface area contributed by atoms with Crippen LogP contribution in [0.2, 0.25) is 0 Å². The van der Waals surface area contributed by atoms with Gasteiger partial charge in [-0.15, -0.1) is 11.3 Å². The molecule has 4 nitrogen and oxygen atoms in total. The van der Waals surface area contributed by atoms with E-state index in [-0.39, 0.29) is 30.1 Å². The Bertz CT molecular complexity index is 1070. The lowest BCUT2D eigenvalue weighted by Crippen LogP contribution is -2.43. The molecule has 0 saturated heterocycles. The van der Waals surface area contributed by atoms with Crippen molar-refractivity contribution in [2.75, 3.05) is 13.1 Å². The minimum Gasteiger partial charge on any atom is -0.332 e. The molecule has 3 aromatic rings. The fraction of sp³-hybridized carbons (Fsp3) is 0.333. The highest BCUT2D eigenvalue weighted by Crippen LogP contribution is 2.20. The summed E-state index contributed by atoms with van der Waals surface area (Å²) in [5.74, 6) is -0.368. The van der Waals surface area contributed by atoms with Gasteiger partial charge in [0, 0.05) is 28.4 Å². The van der Waals surface area contributed by atoms with Gasteiger partial charge >= 0.3 is 0 Å². The maximum absolute atomic E-state index is 13.5. The van der Waals surface area contributed by atoms with Gasteiger partial charge in [0.15, 0.2) is 0 Å². The summed E-state index contributed by atoms with van der Waals surface area (Å²) < 4.78 is 13.4. The van der Waals surface area contributed by atoms with Crippen LogP contribution in [0.4, 0.5) is 4.39 Å². The van der Waals surface area contributed by atoms with Crippen molar-refractivity contribution in [2.24, 2.45) is 5.92 Å². The molecule has 2 amide bonds. The number of amides is 2. The molecular weight excluding hydrogens is 435 g/mol. The van der Waals surface area contributed by atoms with Crippen molar-refractivity contribution in [3.8, 4) is 0 Å². The molecule has 0 N–H and O–H groups in total.